The summed E-state index contributed by atoms with van der Waals surface area (Å²) in [6.45, 7) is 3.66. The van der Waals surface area contributed by atoms with Crippen molar-refractivity contribution in [1.82, 2.24) is 0 Å². The van der Waals surface area contributed by atoms with Gasteiger partial charge in [-0.1, -0.05) is 12.1 Å². The number of rotatable bonds is 4. The predicted molar refractivity (Wildman–Crippen MR) is 73.9 cm³/mol. The van der Waals surface area contributed by atoms with Crippen LogP contribution in [0.3, 0.4) is 0 Å². The molecule has 4 heteroatoms. The van der Waals surface area contributed by atoms with Gasteiger partial charge in [-0.15, -0.1) is 0 Å². The van der Waals surface area contributed by atoms with E-state index in [4.69, 9.17) is 9.15 Å². The maximum atomic E-state index is 12.4. The molecule has 0 spiro atoms. The van der Waals surface area contributed by atoms with Gasteiger partial charge in [0.05, 0.1) is 18.7 Å². The fourth-order valence-electron chi connectivity index (χ4n) is 2.04. The van der Waals surface area contributed by atoms with Crippen LogP contribution in [0.1, 0.15) is 33.2 Å². The molecule has 0 aliphatic carbocycles. The van der Waals surface area contributed by atoms with E-state index in [1.54, 1.807) is 32.2 Å². The number of aryl methyl sites for hydroxylation is 2. The maximum Gasteiger partial charge on any atom is 0.187 e. The number of carbonyl (C=O) groups is 1. The van der Waals surface area contributed by atoms with Crippen molar-refractivity contribution in [2.75, 3.05) is 7.11 Å². The minimum atomic E-state index is -0.860. The summed E-state index contributed by atoms with van der Waals surface area (Å²) in [6, 6.07) is 9.03. The van der Waals surface area contributed by atoms with Gasteiger partial charge in [-0.05, 0) is 37.1 Å². The van der Waals surface area contributed by atoms with Crippen molar-refractivity contribution >= 4 is 5.78 Å². The largest absolute Gasteiger partial charge is 0.496 e. The van der Waals surface area contributed by atoms with E-state index in [0.29, 0.717) is 22.6 Å². The zero-order chi connectivity index (χ0) is 14.7. The molecule has 102 valence electrons. The summed E-state index contributed by atoms with van der Waals surface area (Å²) in [5.41, 5.74) is 1.99. The van der Waals surface area contributed by atoms with E-state index >= 15 is 0 Å². The Balaban J connectivity index is 2.38. The molecule has 4 nitrogen and oxygen atoms in total. The van der Waals surface area contributed by atoms with Crippen molar-refractivity contribution < 1.29 is 13.9 Å². The molecule has 1 atom stereocenters. The quantitative estimate of drug-likeness (QED) is 0.798. The zero-order valence-electron chi connectivity index (χ0n) is 11.6. The first kappa shape index (κ1) is 13.9. The highest BCUT2D eigenvalue weighted by Gasteiger charge is 2.23. The minimum Gasteiger partial charge on any atom is -0.496 e. The molecular weight excluding hydrogens is 254 g/mol. The van der Waals surface area contributed by atoms with Crippen molar-refractivity contribution in [2.24, 2.45) is 0 Å². The fourth-order valence-corrected chi connectivity index (χ4v) is 2.04. The lowest BCUT2D eigenvalue weighted by Crippen LogP contribution is -2.10. The van der Waals surface area contributed by atoms with Crippen LogP contribution in [0.5, 0.6) is 5.75 Å². The number of Topliss-reactive ketones (excluding diaryl/α,β-unsaturated/α-hetero) is 1. The van der Waals surface area contributed by atoms with Gasteiger partial charge in [0.2, 0.25) is 0 Å². The number of hydrogen-bond acceptors (Lipinski definition) is 4. The van der Waals surface area contributed by atoms with Crippen LogP contribution in [-0.2, 0) is 0 Å². The average molecular weight is 269 g/mol. The molecule has 0 saturated heterocycles. The van der Waals surface area contributed by atoms with Crippen LogP contribution in [-0.4, -0.2) is 12.9 Å². The lowest BCUT2D eigenvalue weighted by molar-refractivity contribution is 0.0978. The van der Waals surface area contributed by atoms with Crippen molar-refractivity contribution in [2.45, 2.75) is 19.8 Å². The van der Waals surface area contributed by atoms with Crippen LogP contribution >= 0.6 is 0 Å². The average Bonchev–Trinajstić information content (AvgIpc) is 2.88. The third-order valence-corrected chi connectivity index (χ3v) is 3.17. The first-order chi connectivity index (χ1) is 9.56. The van der Waals surface area contributed by atoms with E-state index < -0.39 is 5.92 Å². The van der Waals surface area contributed by atoms with Gasteiger partial charge >= 0.3 is 0 Å². The van der Waals surface area contributed by atoms with Crippen LogP contribution in [0.4, 0.5) is 0 Å². The molecule has 1 unspecified atom stereocenters. The molecule has 0 bridgehead atoms. The Morgan fingerprint density at radius 2 is 2.10 bits per heavy atom. The zero-order valence-corrected chi connectivity index (χ0v) is 11.6. The van der Waals surface area contributed by atoms with Crippen LogP contribution in [0.25, 0.3) is 0 Å². The van der Waals surface area contributed by atoms with Crippen molar-refractivity contribution in [3.05, 3.63) is 53.0 Å². The van der Waals surface area contributed by atoms with E-state index in [9.17, 15) is 10.1 Å². The molecule has 0 radical (unpaired) electrons. The first-order valence-electron chi connectivity index (χ1n) is 6.20. The summed E-state index contributed by atoms with van der Waals surface area (Å²) in [7, 11) is 1.56. The van der Waals surface area contributed by atoms with Crippen molar-refractivity contribution in [1.29, 1.82) is 5.26 Å². The van der Waals surface area contributed by atoms with E-state index in [1.807, 2.05) is 19.1 Å². The summed E-state index contributed by atoms with van der Waals surface area (Å²) >= 11 is 0. The predicted octanol–water partition coefficient (Wildman–Crippen LogP) is 3.40. The summed E-state index contributed by atoms with van der Waals surface area (Å²) in [5.74, 6) is 0.183. The number of nitriles is 1. The Morgan fingerprint density at radius 3 is 2.65 bits per heavy atom. The standard InChI is InChI=1S/C16H15NO3/c1-10-4-5-12(7-15(10)19-3)14(8-17)16(18)13-6-11(2)20-9-13/h4-7,9,14H,1-3H3. The number of methoxy groups -OCH3 is 1. The van der Waals surface area contributed by atoms with Gasteiger partial charge in [0.25, 0.3) is 0 Å². The molecule has 20 heavy (non-hydrogen) atoms. The van der Waals surface area contributed by atoms with E-state index in [2.05, 4.69) is 0 Å². The summed E-state index contributed by atoms with van der Waals surface area (Å²) in [5, 5.41) is 9.31. The maximum absolute atomic E-state index is 12.4. The molecule has 0 amide bonds. The highest BCUT2D eigenvalue weighted by molar-refractivity contribution is 6.02. The summed E-state index contributed by atoms with van der Waals surface area (Å²) in [4.78, 5) is 12.4. The summed E-state index contributed by atoms with van der Waals surface area (Å²) in [6.07, 6.45) is 1.38. The lowest BCUT2D eigenvalue weighted by Gasteiger charge is -2.11. The highest BCUT2D eigenvalue weighted by Crippen LogP contribution is 2.27. The van der Waals surface area contributed by atoms with E-state index in [0.717, 1.165) is 5.56 Å². The molecule has 0 saturated carbocycles. The Morgan fingerprint density at radius 1 is 1.35 bits per heavy atom. The normalized spacial score (nSPS) is 11.7. The second kappa shape index (κ2) is 5.62. The first-order valence-corrected chi connectivity index (χ1v) is 6.20. The van der Waals surface area contributed by atoms with Gasteiger partial charge in [-0.3, -0.25) is 4.79 Å². The third kappa shape index (κ3) is 2.57. The molecule has 1 heterocycles. The molecule has 0 N–H and O–H groups in total. The fraction of sp³-hybridized carbons (Fsp3) is 0.250. The second-order valence-electron chi connectivity index (χ2n) is 4.60. The number of benzene rings is 1. The Hall–Kier alpha value is -2.54. The van der Waals surface area contributed by atoms with Crippen LogP contribution in [0.2, 0.25) is 0 Å². The summed E-state index contributed by atoms with van der Waals surface area (Å²) < 4.78 is 10.4. The van der Waals surface area contributed by atoms with Crippen LogP contribution < -0.4 is 4.74 Å². The molecule has 1 aromatic carbocycles. The van der Waals surface area contributed by atoms with Gasteiger partial charge in [-0.25, -0.2) is 0 Å². The van der Waals surface area contributed by atoms with Crippen molar-refractivity contribution in [3.63, 3.8) is 0 Å². The lowest BCUT2D eigenvalue weighted by atomic mass is 9.92. The minimum absolute atomic E-state index is 0.268. The molecular formula is C16H15NO3. The molecule has 0 aliphatic rings. The van der Waals surface area contributed by atoms with Gasteiger partial charge in [0.15, 0.2) is 5.78 Å². The molecule has 0 fully saturated rings. The second-order valence-corrected chi connectivity index (χ2v) is 4.60. The van der Waals surface area contributed by atoms with Gasteiger partial charge < -0.3 is 9.15 Å². The van der Waals surface area contributed by atoms with E-state index in [-0.39, 0.29) is 5.78 Å². The van der Waals surface area contributed by atoms with E-state index in [1.165, 1.54) is 6.26 Å². The van der Waals surface area contributed by atoms with Gasteiger partial charge in [0.1, 0.15) is 23.7 Å². The van der Waals surface area contributed by atoms with Crippen LogP contribution in [0, 0.1) is 25.2 Å². The number of ketones is 1. The molecule has 2 aromatic rings. The van der Waals surface area contributed by atoms with Crippen molar-refractivity contribution in [3.8, 4) is 11.8 Å². The van der Waals surface area contributed by atoms with Gasteiger partial charge in [0, 0.05) is 0 Å². The van der Waals surface area contributed by atoms with Crippen LogP contribution in [0.15, 0.2) is 34.9 Å². The molecule has 1 aromatic heterocycles. The number of furan rings is 1. The highest BCUT2D eigenvalue weighted by atomic mass is 16.5. The molecule has 0 aliphatic heterocycles. The Bertz CT molecular complexity index is 679. The third-order valence-electron chi connectivity index (χ3n) is 3.17. The topological polar surface area (TPSA) is 63.2 Å². The number of carbonyl (C=O) groups excluding carboxylic acids is 1. The number of hydrogen-bond donors (Lipinski definition) is 0. The number of ether oxygens (including phenoxy) is 1. The number of nitrogens with zero attached hydrogens (tertiary/aromatic N) is 1. The van der Waals surface area contributed by atoms with Gasteiger partial charge in [-0.2, -0.15) is 5.26 Å². The Kier molecular flexibility index (Phi) is 3.90. The molecule has 2 rings (SSSR count). The monoisotopic (exact) mass is 269 g/mol. The smallest absolute Gasteiger partial charge is 0.187 e. The Labute approximate surface area is 117 Å². The SMILES string of the molecule is COc1cc(C(C#N)C(=O)c2coc(C)c2)ccc1C.